The van der Waals surface area contributed by atoms with E-state index in [1.165, 1.54) is 30.7 Å². The molecule has 1 amide bonds. The van der Waals surface area contributed by atoms with Crippen LogP contribution >= 0.6 is 0 Å². The molecule has 2 aromatic rings. The maximum absolute atomic E-state index is 12.7. The molecule has 156 valence electrons. The van der Waals surface area contributed by atoms with Crippen molar-refractivity contribution in [2.75, 3.05) is 11.1 Å². The van der Waals surface area contributed by atoms with Crippen molar-refractivity contribution in [1.29, 1.82) is 0 Å². The van der Waals surface area contributed by atoms with Gasteiger partial charge < -0.3 is 10.4 Å². The van der Waals surface area contributed by atoms with Gasteiger partial charge in [0.15, 0.2) is 9.84 Å². The van der Waals surface area contributed by atoms with E-state index in [0.717, 1.165) is 31.2 Å². The summed E-state index contributed by atoms with van der Waals surface area (Å²) in [6.07, 6.45) is 8.97. The Morgan fingerprint density at radius 1 is 0.966 bits per heavy atom. The van der Waals surface area contributed by atoms with Crippen LogP contribution in [0, 0.1) is 0 Å². The SMILES string of the molecule is CCCCCCCCS(=O)(=O)c1ccccc1NC(=O)/C=C/c1ccc(O)cc1. The quantitative estimate of drug-likeness (QED) is 0.391. The molecule has 6 heteroatoms. The largest absolute Gasteiger partial charge is 0.508 e. The third-order valence-electron chi connectivity index (χ3n) is 4.57. The molecule has 0 bridgehead atoms. The fourth-order valence-electron chi connectivity index (χ4n) is 2.96. The average molecular weight is 416 g/mol. The van der Waals surface area contributed by atoms with Crippen LogP contribution < -0.4 is 5.32 Å². The molecule has 0 atom stereocenters. The molecule has 29 heavy (non-hydrogen) atoms. The van der Waals surface area contributed by atoms with Gasteiger partial charge in [0, 0.05) is 6.08 Å². The van der Waals surface area contributed by atoms with E-state index >= 15 is 0 Å². The predicted molar refractivity (Wildman–Crippen MR) is 118 cm³/mol. The highest BCUT2D eigenvalue weighted by molar-refractivity contribution is 7.91. The number of carbonyl (C=O) groups is 1. The summed E-state index contributed by atoms with van der Waals surface area (Å²) in [6, 6.07) is 12.9. The molecule has 2 N–H and O–H groups in total. The van der Waals surface area contributed by atoms with Gasteiger partial charge in [-0.05, 0) is 42.3 Å². The molecule has 2 aromatic carbocycles. The number of nitrogens with one attached hydrogen (secondary N) is 1. The Kier molecular flexibility index (Phi) is 8.93. The molecule has 0 saturated carbocycles. The van der Waals surface area contributed by atoms with Crippen LogP contribution in [0.5, 0.6) is 5.75 Å². The van der Waals surface area contributed by atoms with Crippen molar-refractivity contribution in [2.24, 2.45) is 0 Å². The van der Waals surface area contributed by atoms with Gasteiger partial charge in [-0.2, -0.15) is 0 Å². The molecular weight excluding hydrogens is 386 g/mol. The molecular formula is C23H29NO4S. The third kappa shape index (κ3) is 7.74. The molecule has 5 nitrogen and oxygen atoms in total. The molecule has 0 aliphatic heterocycles. The van der Waals surface area contributed by atoms with Gasteiger partial charge in [-0.1, -0.05) is 63.3 Å². The Bertz CT molecular complexity index is 918. The van der Waals surface area contributed by atoms with Gasteiger partial charge in [0.05, 0.1) is 16.3 Å². The topological polar surface area (TPSA) is 83.5 Å². The van der Waals surface area contributed by atoms with Gasteiger partial charge in [0.2, 0.25) is 5.91 Å². The normalized spacial score (nSPS) is 11.6. The lowest BCUT2D eigenvalue weighted by atomic mass is 10.1. The van der Waals surface area contributed by atoms with Crippen molar-refractivity contribution in [1.82, 2.24) is 0 Å². The Hall–Kier alpha value is -2.60. The van der Waals surface area contributed by atoms with Gasteiger partial charge in [-0.3, -0.25) is 4.79 Å². The number of rotatable bonds is 11. The molecule has 0 saturated heterocycles. The van der Waals surface area contributed by atoms with Crippen molar-refractivity contribution in [2.45, 2.75) is 50.3 Å². The highest BCUT2D eigenvalue weighted by atomic mass is 32.2. The first-order valence-electron chi connectivity index (χ1n) is 10.0. The van der Waals surface area contributed by atoms with E-state index in [0.29, 0.717) is 12.1 Å². The van der Waals surface area contributed by atoms with Gasteiger partial charge in [0.1, 0.15) is 5.75 Å². The van der Waals surface area contributed by atoms with Crippen LogP contribution in [0.3, 0.4) is 0 Å². The van der Waals surface area contributed by atoms with Crippen molar-refractivity contribution in [3.8, 4) is 5.75 Å². The van der Waals surface area contributed by atoms with Crippen molar-refractivity contribution in [3.63, 3.8) is 0 Å². The zero-order chi connectivity index (χ0) is 21.1. The maximum atomic E-state index is 12.7. The number of sulfone groups is 1. The fraction of sp³-hybridized carbons (Fsp3) is 0.348. The maximum Gasteiger partial charge on any atom is 0.248 e. The van der Waals surface area contributed by atoms with Crippen LogP contribution in [0.15, 0.2) is 59.5 Å². The summed E-state index contributed by atoms with van der Waals surface area (Å²) in [7, 11) is -3.47. The number of hydrogen-bond acceptors (Lipinski definition) is 4. The number of hydrogen-bond donors (Lipinski definition) is 2. The lowest BCUT2D eigenvalue weighted by molar-refractivity contribution is -0.111. The Morgan fingerprint density at radius 3 is 2.34 bits per heavy atom. The van der Waals surface area contributed by atoms with Crippen LogP contribution in [0.4, 0.5) is 5.69 Å². The van der Waals surface area contributed by atoms with Gasteiger partial charge >= 0.3 is 0 Å². The standard InChI is InChI=1S/C23H29NO4S/c1-2-3-4-5-6-9-18-29(27,28)22-11-8-7-10-21(22)24-23(26)17-14-19-12-15-20(25)16-13-19/h7-8,10-17,25H,2-6,9,18H2,1H3,(H,24,26)/b17-14+. The number of aromatic hydroxyl groups is 1. The molecule has 0 heterocycles. The molecule has 0 aliphatic carbocycles. The first-order chi connectivity index (χ1) is 13.9. The Morgan fingerprint density at radius 2 is 1.62 bits per heavy atom. The molecule has 2 rings (SSSR count). The minimum Gasteiger partial charge on any atom is -0.508 e. The van der Waals surface area contributed by atoms with Gasteiger partial charge in [-0.25, -0.2) is 8.42 Å². The molecule has 0 radical (unpaired) electrons. The van der Waals surface area contributed by atoms with E-state index in [1.54, 1.807) is 36.4 Å². The fourth-order valence-corrected chi connectivity index (χ4v) is 4.50. The van der Waals surface area contributed by atoms with Crippen LogP contribution in [-0.2, 0) is 14.6 Å². The lowest BCUT2D eigenvalue weighted by Gasteiger charge is -2.11. The lowest BCUT2D eigenvalue weighted by Crippen LogP contribution is -2.14. The number of benzene rings is 2. The number of phenols is 1. The first-order valence-corrected chi connectivity index (χ1v) is 11.7. The van der Waals surface area contributed by atoms with Crippen molar-refractivity contribution < 1.29 is 18.3 Å². The molecule has 0 unspecified atom stereocenters. The number of para-hydroxylation sites is 1. The summed E-state index contributed by atoms with van der Waals surface area (Å²) in [5.41, 5.74) is 1.04. The van der Waals surface area contributed by atoms with Crippen LogP contribution in [0.25, 0.3) is 6.08 Å². The summed E-state index contributed by atoms with van der Waals surface area (Å²) >= 11 is 0. The molecule has 0 fully saturated rings. The second kappa shape index (κ2) is 11.4. The van der Waals surface area contributed by atoms with E-state index in [1.807, 2.05) is 0 Å². The van der Waals surface area contributed by atoms with E-state index in [9.17, 15) is 18.3 Å². The summed E-state index contributed by atoms with van der Waals surface area (Å²) in [5.74, 6) is -0.189. The highest BCUT2D eigenvalue weighted by Crippen LogP contribution is 2.23. The van der Waals surface area contributed by atoms with E-state index in [4.69, 9.17) is 0 Å². The zero-order valence-corrected chi connectivity index (χ0v) is 17.6. The Labute approximate surface area is 173 Å². The molecule has 0 aromatic heterocycles. The molecule has 0 spiro atoms. The van der Waals surface area contributed by atoms with E-state index in [-0.39, 0.29) is 16.4 Å². The predicted octanol–water partition coefficient (Wildman–Crippen LogP) is 5.18. The number of unbranched alkanes of at least 4 members (excludes halogenated alkanes) is 5. The van der Waals surface area contributed by atoms with Gasteiger partial charge in [-0.15, -0.1) is 0 Å². The van der Waals surface area contributed by atoms with E-state index in [2.05, 4.69) is 12.2 Å². The number of anilines is 1. The summed E-state index contributed by atoms with van der Waals surface area (Å²) in [6.45, 7) is 2.15. The summed E-state index contributed by atoms with van der Waals surface area (Å²) in [4.78, 5) is 12.4. The zero-order valence-electron chi connectivity index (χ0n) is 16.8. The second-order valence-corrected chi connectivity index (χ2v) is 9.07. The smallest absolute Gasteiger partial charge is 0.248 e. The monoisotopic (exact) mass is 415 g/mol. The number of carbonyl (C=O) groups excluding carboxylic acids is 1. The highest BCUT2D eigenvalue weighted by Gasteiger charge is 2.18. The van der Waals surface area contributed by atoms with Crippen LogP contribution in [0.1, 0.15) is 51.0 Å². The Balaban J connectivity index is 1.99. The minimum absolute atomic E-state index is 0.0787. The first kappa shape index (κ1) is 22.7. The summed E-state index contributed by atoms with van der Waals surface area (Å²) < 4.78 is 25.5. The van der Waals surface area contributed by atoms with Crippen LogP contribution in [0.2, 0.25) is 0 Å². The van der Waals surface area contributed by atoms with E-state index < -0.39 is 15.7 Å². The second-order valence-electron chi connectivity index (χ2n) is 7.00. The third-order valence-corrected chi connectivity index (χ3v) is 6.42. The van der Waals surface area contributed by atoms with Crippen molar-refractivity contribution in [3.05, 3.63) is 60.2 Å². The minimum atomic E-state index is -3.47. The van der Waals surface area contributed by atoms with Gasteiger partial charge in [0.25, 0.3) is 0 Å². The number of amides is 1. The number of phenolic OH excluding ortho intramolecular Hbond substituents is 1. The average Bonchev–Trinajstić information content (AvgIpc) is 2.70. The van der Waals surface area contributed by atoms with Crippen molar-refractivity contribution >= 4 is 27.5 Å². The van der Waals surface area contributed by atoms with Crippen LogP contribution in [-0.4, -0.2) is 25.2 Å². The summed E-state index contributed by atoms with van der Waals surface area (Å²) in [5, 5.41) is 12.0. The molecule has 0 aliphatic rings.